The summed E-state index contributed by atoms with van der Waals surface area (Å²) < 4.78 is 5.48. The minimum Gasteiger partial charge on any atom is -0.496 e. The lowest BCUT2D eigenvalue weighted by atomic mass is 10.0. The number of hydrogen-bond acceptors (Lipinski definition) is 4. The topological polar surface area (TPSA) is 38.5 Å². The Morgan fingerprint density at radius 1 is 1.24 bits per heavy atom. The van der Waals surface area contributed by atoms with E-state index in [0.717, 1.165) is 23.4 Å². The van der Waals surface area contributed by atoms with Gasteiger partial charge in [-0.3, -0.25) is 0 Å². The van der Waals surface area contributed by atoms with Crippen LogP contribution in [0.15, 0.2) is 35.7 Å². The van der Waals surface area contributed by atoms with Crippen LogP contribution < -0.4 is 15.4 Å². The molecular formula is C17H24N2OS. The number of benzene rings is 1. The Morgan fingerprint density at radius 3 is 2.57 bits per heavy atom. The number of nitrogens with zero attached hydrogens (tertiary/aromatic N) is 1. The molecule has 0 fully saturated rings. The van der Waals surface area contributed by atoms with Crippen molar-refractivity contribution in [3.8, 4) is 5.75 Å². The zero-order valence-electron chi connectivity index (χ0n) is 13.2. The third kappa shape index (κ3) is 3.57. The van der Waals surface area contributed by atoms with E-state index >= 15 is 0 Å². The number of methoxy groups -OCH3 is 1. The molecule has 0 amide bonds. The van der Waals surface area contributed by atoms with E-state index in [1.165, 1.54) is 4.88 Å². The van der Waals surface area contributed by atoms with Crippen LogP contribution in [0.5, 0.6) is 5.75 Å². The van der Waals surface area contributed by atoms with Crippen LogP contribution in [0.25, 0.3) is 0 Å². The second-order valence-corrected chi connectivity index (χ2v) is 6.46. The molecule has 21 heavy (non-hydrogen) atoms. The summed E-state index contributed by atoms with van der Waals surface area (Å²) in [5.74, 6) is 0.859. The van der Waals surface area contributed by atoms with Crippen LogP contribution in [-0.4, -0.2) is 20.2 Å². The van der Waals surface area contributed by atoms with Crippen molar-refractivity contribution in [2.75, 3.05) is 19.1 Å². The predicted molar refractivity (Wildman–Crippen MR) is 91.5 cm³/mol. The minimum atomic E-state index is -0.0625. The highest BCUT2D eigenvalue weighted by Gasteiger charge is 2.19. The van der Waals surface area contributed by atoms with E-state index < -0.39 is 0 Å². The molecule has 2 N–H and O–H groups in total. The first-order valence-corrected chi connectivity index (χ1v) is 8.10. The first kappa shape index (κ1) is 15.9. The van der Waals surface area contributed by atoms with Gasteiger partial charge in [0.25, 0.3) is 0 Å². The molecule has 0 aliphatic rings. The molecule has 0 bridgehead atoms. The van der Waals surface area contributed by atoms with Crippen LogP contribution >= 0.6 is 11.3 Å². The van der Waals surface area contributed by atoms with E-state index in [0.29, 0.717) is 6.04 Å². The average Bonchev–Trinajstić information content (AvgIpc) is 2.98. The van der Waals surface area contributed by atoms with Gasteiger partial charge in [-0.05, 0) is 37.4 Å². The van der Waals surface area contributed by atoms with Crippen molar-refractivity contribution in [1.82, 2.24) is 0 Å². The summed E-state index contributed by atoms with van der Waals surface area (Å²) >= 11 is 1.81. The van der Waals surface area contributed by atoms with Gasteiger partial charge in [0.05, 0.1) is 7.11 Å². The monoisotopic (exact) mass is 304 g/mol. The Balaban J connectivity index is 2.27. The van der Waals surface area contributed by atoms with Gasteiger partial charge in [0.15, 0.2) is 0 Å². The fraction of sp³-hybridized carbons (Fsp3) is 0.412. The lowest BCUT2D eigenvalue weighted by Gasteiger charge is -2.30. The number of anilines is 1. The van der Waals surface area contributed by atoms with Gasteiger partial charge in [-0.1, -0.05) is 12.1 Å². The number of thiophene rings is 1. The molecule has 2 aromatic rings. The largest absolute Gasteiger partial charge is 0.496 e. The first-order valence-electron chi connectivity index (χ1n) is 7.22. The summed E-state index contributed by atoms with van der Waals surface area (Å²) in [4.78, 5) is 3.69. The molecule has 0 radical (unpaired) electrons. The summed E-state index contributed by atoms with van der Waals surface area (Å²) in [7, 11) is 3.82. The maximum absolute atomic E-state index is 6.16. The lowest BCUT2D eigenvalue weighted by molar-refractivity contribution is 0.407. The van der Waals surface area contributed by atoms with E-state index in [-0.39, 0.29) is 6.04 Å². The second-order valence-electron chi connectivity index (χ2n) is 5.43. The molecule has 0 spiro atoms. The minimum absolute atomic E-state index is 0.0625. The number of hydrogen-bond donors (Lipinski definition) is 1. The standard InChI is InChI=1S/C17H24N2OS/c1-12(11-14-7-6-10-21-14)19(3)15-8-5-9-16(20-4)17(15)13(2)18/h5-10,12-13H,11,18H2,1-4H3/t12?,13-/m1/s1. The SMILES string of the molecule is COc1cccc(N(C)C(C)Cc2cccs2)c1[C@@H](C)N. The van der Waals surface area contributed by atoms with Crippen LogP contribution in [0.4, 0.5) is 5.69 Å². The zero-order valence-corrected chi connectivity index (χ0v) is 14.0. The van der Waals surface area contributed by atoms with Crippen LogP contribution in [0, 0.1) is 0 Å². The highest BCUT2D eigenvalue weighted by molar-refractivity contribution is 7.09. The van der Waals surface area contributed by atoms with Gasteiger partial charge in [-0.2, -0.15) is 0 Å². The van der Waals surface area contributed by atoms with Gasteiger partial charge < -0.3 is 15.4 Å². The van der Waals surface area contributed by atoms with Crippen molar-refractivity contribution in [3.63, 3.8) is 0 Å². The molecule has 114 valence electrons. The summed E-state index contributed by atoms with van der Waals surface area (Å²) in [6, 6.07) is 10.7. The van der Waals surface area contributed by atoms with Crippen molar-refractivity contribution in [2.45, 2.75) is 32.4 Å². The molecule has 2 atom stereocenters. The Morgan fingerprint density at radius 2 is 2.00 bits per heavy atom. The lowest BCUT2D eigenvalue weighted by Crippen LogP contribution is -2.32. The van der Waals surface area contributed by atoms with Gasteiger partial charge in [0, 0.05) is 41.7 Å². The van der Waals surface area contributed by atoms with Crippen LogP contribution in [0.3, 0.4) is 0 Å². The van der Waals surface area contributed by atoms with Gasteiger partial charge in [0.2, 0.25) is 0 Å². The molecule has 1 aromatic carbocycles. The van der Waals surface area contributed by atoms with Crippen molar-refractivity contribution >= 4 is 17.0 Å². The second kappa shape index (κ2) is 6.96. The highest BCUT2D eigenvalue weighted by Crippen LogP contribution is 2.34. The van der Waals surface area contributed by atoms with Gasteiger partial charge in [-0.25, -0.2) is 0 Å². The Hall–Kier alpha value is -1.52. The molecule has 4 heteroatoms. The molecule has 0 aliphatic heterocycles. The molecule has 3 nitrogen and oxygen atoms in total. The molecule has 0 saturated heterocycles. The molecule has 1 heterocycles. The molecular weight excluding hydrogens is 280 g/mol. The Bertz CT molecular complexity index is 566. The highest BCUT2D eigenvalue weighted by atomic mass is 32.1. The van der Waals surface area contributed by atoms with Crippen molar-refractivity contribution in [2.24, 2.45) is 5.73 Å². The smallest absolute Gasteiger partial charge is 0.125 e. The van der Waals surface area contributed by atoms with E-state index in [2.05, 4.69) is 42.5 Å². The fourth-order valence-corrected chi connectivity index (χ4v) is 3.40. The normalized spacial score (nSPS) is 13.8. The molecule has 1 unspecified atom stereocenters. The predicted octanol–water partition coefficient (Wildman–Crippen LogP) is 3.84. The quantitative estimate of drug-likeness (QED) is 0.881. The van der Waals surface area contributed by atoms with Crippen molar-refractivity contribution in [1.29, 1.82) is 0 Å². The fourth-order valence-electron chi connectivity index (χ4n) is 2.57. The first-order chi connectivity index (χ1) is 10.0. The van der Waals surface area contributed by atoms with Crippen molar-refractivity contribution < 1.29 is 4.74 Å². The van der Waals surface area contributed by atoms with Gasteiger partial charge in [-0.15, -0.1) is 11.3 Å². The van der Waals surface area contributed by atoms with Crippen LogP contribution in [-0.2, 0) is 6.42 Å². The number of nitrogens with two attached hydrogens (primary N) is 1. The average molecular weight is 304 g/mol. The number of likely N-dealkylation sites (N-methyl/N-ethyl adjacent to an activating group) is 1. The van der Waals surface area contributed by atoms with Crippen LogP contribution in [0.1, 0.15) is 30.3 Å². The third-order valence-electron chi connectivity index (χ3n) is 3.84. The zero-order chi connectivity index (χ0) is 15.4. The third-order valence-corrected chi connectivity index (χ3v) is 4.73. The molecule has 0 saturated carbocycles. The van der Waals surface area contributed by atoms with Gasteiger partial charge in [0.1, 0.15) is 5.75 Å². The Kier molecular flexibility index (Phi) is 5.26. The summed E-state index contributed by atoms with van der Waals surface area (Å²) in [5, 5.41) is 2.13. The molecule has 1 aromatic heterocycles. The maximum atomic E-state index is 6.16. The van der Waals surface area contributed by atoms with Crippen molar-refractivity contribution in [3.05, 3.63) is 46.2 Å². The van der Waals surface area contributed by atoms with E-state index in [1.54, 1.807) is 18.4 Å². The number of rotatable bonds is 6. The van der Waals surface area contributed by atoms with E-state index in [4.69, 9.17) is 10.5 Å². The summed E-state index contributed by atoms with van der Waals surface area (Å²) in [6.45, 7) is 4.24. The summed E-state index contributed by atoms with van der Waals surface area (Å²) in [6.07, 6.45) is 1.03. The van der Waals surface area contributed by atoms with E-state index in [1.807, 2.05) is 19.1 Å². The molecule has 0 aliphatic carbocycles. The molecule has 2 rings (SSSR count). The van der Waals surface area contributed by atoms with E-state index in [9.17, 15) is 0 Å². The van der Waals surface area contributed by atoms with Crippen LogP contribution in [0.2, 0.25) is 0 Å². The van der Waals surface area contributed by atoms with Gasteiger partial charge >= 0.3 is 0 Å². The summed E-state index contributed by atoms with van der Waals surface area (Å²) in [5.41, 5.74) is 8.38. The number of ether oxygens (including phenoxy) is 1. The Labute approximate surface area is 131 Å². The maximum Gasteiger partial charge on any atom is 0.125 e.